The van der Waals surface area contributed by atoms with Crippen LogP contribution in [0.5, 0.6) is 0 Å². The molecule has 0 aliphatic carbocycles. The minimum Gasteiger partial charge on any atom is -0.399 e. The van der Waals surface area contributed by atoms with Gasteiger partial charge < -0.3 is 11.1 Å². The van der Waals surface area contributed by atoms with E-state index in [0.717, 1.165) is 11.3 Å². The van der Waals surface area contributed by atoms with Gasteiger partial charge in [0.1, 0.15) is 0 Å². The number of rotatable bonds is 5. The molecule has 0 saturated carbocycles. The second kappa shape index (κ2) is 6.30. The summed E-state index contributed by atoms with van der Waals surface area (Å²) in [6.45, 7) is 4.79. The van der Waals surface area contributed by atoms with Gasteiger partial charge in [0.05, 0.1) is 0 Å². The number of aryl methyl sites for hydroxylation is 3. The molecule has 0 saturated heterocycles. The van der Waals surface area contributed by atoms with Crippen molar-refractivity contribution in [3.05, 3.63) is 46.6 Å². The van der Waals surface area contributed by atoms with Crippen LogP contribution in [0.15, 0.2) is 35.4 Å². The number of imidazole rings is 1. The van der Waals surface area contributed by atoms with Crippen LogP contribution in [0.25, 0.3) is 0 Å². The molecule has 1 heterocycles. The summed E-state index contributed by atoms with van der Waals surface area (Å²) in [6, 6.07) is 5.33. The molecule has 2 rings (SSSR count). The first-order valence-electron chi connectivity index (χ1n) is 6.93. The van der Waals surface area contributed by atoms with Gasteiger partial charge in [-0.1, -0.05) is 0 Å². The van der Waals surface area contributed by atoms with Gasteiger partial charge >= 0.3 is 5.69 Å². The van der Waals surface area contributed by atoms with Crippen molar-refractivity contribution < 1.29 is 4.79 Å². The normalized spacial score (nSPS) is 10.6. The zero-order valence-electron chi connectivity index (χ0n) is 12.3. The molecule has 0 spiro atoms. The Balaban J connectivity index is 1.96. The number of benzene rings is 1. The van der Waals surface area contributed by atoms with Gasteiger partial charge in [-0.2, -0.15) is 0 Å². The number of carbonyl (C=O) groups excluding carboxylic acids is 1. The van der Waals surface area contributed by atoms with Crippen LogP contribution in [0.1, 0.15) is 18.9 Å². The molecule has 112 valence electrons. The van der Waals surface area contributed by atoms with Gasteiger partial charge in [0.15, 0.2) is 0 Å². The van der Waals surface area contributed by atoms with Crippen molar-refractivity contribution in [2.45, 2.75) is 33.4 Å². The topological polar surface area (TPSA) is 82.1 Å². The maximum Gasteiger partial charge on any atom is 0.328 e. The van der Waals surface area contributed by atoms with Crippen molar-refractivity contribution in [2.24, 2.45) is 0 Å². The predicted octanol–water partition coefficient (Wildman–Crippen LogP) is 1.59. The zero-order valence-corrected chi connectivity index (χ0v) is 12.3. The van der Waals surface area contributed by atoms with E-state index in [1.54, 1.807) is 33.7 Å². The Hall–Kier alpha value is -2.50. The summed E-state index contributed by atoms with van der Waals surface area (Å²) in [6.07, 6.45) is 3.68. The molecule has 0 unspecified atom stereocenters. The standard InChI is InChI=1S/C15H20N4O2/c1-3-18-8-9-19(15(18)21)7-6-14(20)17-13-5-4-12(16)10-11(13)2/h4-5,8-10H,3,6-7,16H2,1-2H3,(H,17,20). The molecule has 0 atom stereocenters. The molecule has 6 heteroatoms. The second-order valence-electron chi connectivity index (χ2n) is 4.93. The molecule has 0 fully saturated rings. The number of hydrogen-bond acceptors (Lipinski definition) is 3. The fraction of sp³-hybridized carbons (Fsp3) is 0.333. The first kappa shape index (κ1) is 14.9. The third-order valence-corrected chi connectivity index (χ3v) is 3.36. The smallest absolute Gasteiger partial charge is 0.328 e. The van der Waals surface area contributed by atoms with Gasteiger partial charge in [0.25, 0.3) is 0 Å². The molecule has 6 nitrogen and oxygen atoms in total. The van der Waals surface area contributed by atoms with E-state index in [2.05, 4.69) is 5.32 Å². The average Bonchev–Trinajstić information content (AvgIpc) is 2.80. The van der Waals surface area contributed by atoms with Crippen LogP contribution in [-0.4, -0.2) is 15.0 Å². The summed E-state index contributed by atoms with van der Waals surface area (Å²) in [5, 5.41) is 2.83. The van der Waals surface area contributed by atoms with Crippen molar-refractivity contribution in [1.29, 1.82) is 0 Å². The Morgan fingerprint density at radius 1 is 1.29 bits per heavy atom. The molecule has 0 aliphatic heterocycles. The first-order chi connectivity index (χ1) is 10.0. The lowest BCUT2D eigenvalue weighted by Crippen LogP contribution is -2.25. The Kier molecular flexibility index (Phi) is 4.47. The predicted molar refractivity (Wildman–Crippen MR) is 83.2 cm³/mol. The maximum absolute atomic E-state index is 11.9. The summed E-state index contributed by atoms with van der Waals surface area (Å²) in [7, 11) is 0. The number of hydrogen-bond donors (Lipinski definition) is 2. The highest BCUT2D eigenvalue weighted by Gasteiger charge is 2.07. The van der Waals surface area contributed by atoms with E-state index in [9.17, 15) is 9.59 Å². The monoisotopic (exact) mass is 288 g/mol. The number of amides is 1. The SMILES string of the molecule is CCn1ccn(CCC(=O)Nc2ccc(N)cc2C)c1=O. The van der Waals surface area contributed by atoms with E-state index in [-0.39, 0.29) is 18.0 Å². The average molecular weight is 288 g/mol. The quantitative estimate of drug-likeness (QED) is 0.820. The van der Waals surface area contributed by atoms with Crippen LogP contribution in [0.4, 0.5) is 11.4 Å². The zero-order chi connectivity index (χ0) is 15.4. The van der Waals surface area contributed by atoms with Crippen LogP contribution >= 0.6 is 0 Å². The fourth-order valence-corrected chi connectivity index (χ4v) is 2.13. The van der Waals surface area contributed by atoms with Gasteiger partial charge in [-0.25, -0.2) is 4.79 Å². The molecule has 3 N–H and O–H groups in total. The van der Waals surface area contributed by atoms with Crippen LogP contribution in [0.3, 0.4) is 0 Å². The van der Waals surface area contributed by atoms with E-state index in [1.807, 2.05) is 19.9 Å². The third-order valence-electron chi connectivity index (χ3n) is 3.36. The number of nitrogens with one attached hydrogen (secondary N) is 1. The number of aromatic nitrogens is 2. The van der Waals surface area contributed by atoms with Gasteiger partial charge in [-0.15, -0.1) is 0 Å². The largest absolute Gasteiger partial charge is 0.399 e. The maximum atomic E-state index is 11.9. The summed E-state index contributed by atoms with van der Waals surface area (Å²) in [4.78, 5) is 23.8. The minimum atomic E-state index is -0.126. The van der Waals surface area contributed by atoms with Crippen LogP contribution in [-0.2, 0) is 17.9 Å². The molecular formula is C15H20N4O2. The Morgan fingerprint density at radius 2 is 2.00 bits per heavy atom. The Bertz CT molecular complexity index is 700. The van der Waals surface area contributed by atoms with E-state index in [1.165, 1.54) is 0 Å². The van der Waals surface area contributed by atoms with Gasteiger partial charge in [-0.05, 0) is 37.6 Å². The van der Waals surface area contributed by atoms with Crippen molar-refractivity contribution in [2.75, 3.05) is 11.1 Å². The molecule has 1 aromatic carbocycles. The number of nitrogen functional groups attached to an aromatic ring is 1. The number of carbonyl (C=O) groups is 1. The lowest BCUT2D eigenvalue weighted by atomic mass is 10.2. The fourth-order valence-electron chi connectivity index (χ4n) is 2.13. The molecule has 21 heavy (non-hydrogen) atoms. The van der Waals surface area contributed by atoms with E-state index < -0.39 is 0 Å². The summed E-state index contributed by atoms with van der Waals surface area (Å²) >= 11 is 0. The highest BCUT2D eigenvalue weighted by atomic mass is 16.2. The van der Waals surface area contributed by atoms with Crippen LogP contribution in [0.2, 0.25) is 0 Å². The molecule has 1 aromatic heterocycles. The number of nitrogens with two attached hydrogens (primary N) is 1. The molecular weight excluding hydrogens is 268 g/mol. The summed E-state index contributed by atoms with van der Waals surface area (Å²) in [5.41, 5.74) is 7.91. The van der Waals surface area contributed by atoms with Gasteiger partial charge in [-0.3, -0.25) is 13.9 Å². The summed E-state index contributed by atoms with van der Waals surface area (Å²) in [5.74, 6) is -0.126. The third kappa shape index (κ3) is 3.53. The van der Waals surface area contributed by atoms with Crippen molar-refractivity contribution in [3.63, 3.8) is 0 Å². The van der Waals surface area contributed by atoms with Crippen molar-refractivity contribution in [1.82, 2.24) is 9.13 Å². The molecule has 0 radical (unpaired) electrons. The van der Waals surface area contributed by atoms with Crippen LogP contribution in [0, 0.1) is 6.92 Å². The lowest BCUT2D eigenvalue weighted by Gasteiger charge is -2.09. The number of anilines is 2. The number of nitrogens with zero attached hydrogens (tertiary/aromatic N) is 2. The van der Waals surface area contributed by atoms with Gasteiger partial charge in [0.2, 0.25) is 5.91 Å². The molecule has 0 bridgehead atoms. The second-order valence-corrected chi connectivity index (χ2v) is 4.93. The van der Waals surface area contributed by atoms with E-state index >= 15 is 0 Å². The molecule has 0 aliphatic rings. The molecule has 2 aromatic rings. The van der Waals surface area contributed by atoms with E-state index in [4.69, 9.17) is 5.73 Å². The van der Waals surface area contributed by atoms with Gasteiger partial charge in [0, 0.05) is 43.3 Å². The lowest BCUT2D eigenvalue weighted by molar-refractivity contribution is -0.116. The molecule has 1 amide bonds. The van der Waals surface area contributed by atoms with Crippen LogP contribution < -0.4 is 16.7 Å². The highest BCUT2D eigenvalue weighted by molar-refractivity contribution is 5.91. The van der Waals surface area contributed by atoms with Crippen molar-refractivity contribution >= 4 is 17.3 Å². The van der Waals surface area contributed by atoms with Crippen molar-refractivity contribution in [3.8, 4) is 0 Å². The van der Waals surface area contributed by atoms with E-state index in [0.29, 0.717) is 18.8 Å². The minimum absolute atomic E-state index is 0.0889. The highest BCUT2D eigenvalue weighted by Crippen LogP contribution is 2.17. The first-order valence-corrected chi connectivity index (χ1v) is 6.93. The Labute approximate surface area is 123 Å². The Morgan fingerprint density at radius 3 is 2.62 bits per heavy atom. The summed E-state index contributed by atoms with van der Waals surface area (Å²) < 4.78 is 3.14.